The summed E-state index contributed by atoms with van der Waals surface area (Å²) in [6, 6.07) is 9.37. The molecule has 1 saturated carbocycles. The number of nitrogens with zero attached hydrogens (tertiary/aromatic N) is 4. The van der Waals surface area contributed by atoms with Gasteiger partial charge in [0.2, 0.25) is 5.75 Å². The number of hydrogen-bond acceptors (Lipinski definition) is 6. The second-order valence-electron chi connectivity index (χ2n) is 7.45. The van der Waals surface area contributed by atoms with Crippen LogP contribution in [0.25, 0.3) is 5.69 Å². The van der Waals surface area contributed by atoms with E-state index in [2.05, 4.69) is 16.9 Å². The summed E-state index contributed by atoms with van der Waals surface area (Å²) in [6.07, 6.45) is 3.96. The number of hydroxylamine groups is 2. The lowest BCUT2D eigenvalue weighted by Crippen LogP contribution is -2.45. The number of benzene rings is 1. The third kappa shape index (κ3) is 3.45. The first-order valence-electron chi connectivity index (χ1n) is 9.05. The molecule has 0 radical (unpaired) electrons. The smallest absolute Gasteiger partial charge is 0.316 e. The maximum absolute atomic E-state index is 13.1. The largest absolute Gasteiger partial charge is 0.486 e. The molecular weight excluding hydrogens is 332 g/mol. The van der Waals surface area contributed by atoms with Gasteiger partial charge in [-0.15, -0.1) is 0 Å². The Morgan fingerprint density at radius 1 is 1.15 bits per heavy atom. The summed E-state index contributed by atoms with van der Waals surface area (Å²) in [5.74, 6) is 0.350. The van der Waals surface area contributed by atoms with E-state index in [1.165, 1.54) is 9.75 Å². The Morgan fingerprint density at radius 2 is 1.85 bits per heavy atom. The molecule has 2 heterocycles. The first-order valence-corrected chi connectivity index (χ1v) is 9.05. The third-order valence-corrected chi connectivity index (χ3v) is 5.18. The fourth-order valence-electron chi connectivity index (χ4n) is 3.08. The van der Waals surface area contributed by atoms with Gasteiger partial charge in [0.15, 0.2) is 0 Å². The highest BCUT2D eigenvalue weighted by Crippen LogP contribution is 2.45. The fourth-order valence-corrected chi connectivity index (χ4v) is 3.08. The van der Waals surface area contributed by atoms with Gasteiger partial charge in [0.05, 0.1) is 18.5 Å². The minimum Gasteiger partial charge on any atom is -0.486 e. The van der Waals surface area contributed by atoms with E-state index in [9.17, 15) is 10.0 Å². The zero-order valence-electron chi connectivity index (χ0n) is 15.0. The molecule has 1 aromatic carbocycles. The van der Waals surface area contributed by atoms with Gasteiger partial charge in [-0.3, -0.25) is 4.79 Å². The molecule has 7 heteroatoms. The summed E-state index contributed by atoms with van der Waals surface area (Å²) in [7, 11) is 0. The van der Waals surface area contributed by atoms with E-state index in [0.717, 1.165) is 12.8 Å². The zero-order chi connectivity index (χ0) is 18.1. The Balaban J connectivity index is 1.70. The van der Waals surface area contributed by atoms with Crippen molar-refractivity contribution in [3.05, 3.63) is 46.9 Å². The molecule has 26 heavy (non-hydrogen) atoms. The van der Waals surface area contributed by atoms with Crippen LogP contribution in [0.3, 0.4) is 0 Å². The quantitative estimate of drug-likeness (QED) is 0.883. The van der Waals surface area contributed by atoms with E-state index in [1.54, 1.807) is 6.20 Å². The highest BCUT2D eigenvalue weighted by atomic mass is 16.5. The number of anilines is 1. The number of aromatic nitrogens is 2. The molecular formula is C19H24N4O3. The third-order valence-electron chi connectivity index (χ3n) is 5.18. The molecule has 1 aromatic heterocycles. The number of hydrogen-bond donors (Lipinski definition) is 1. The van der Waals surface area contributed by atoms with Crippen molar-refractivity contribution in [1.82, 2.24) is 14.8 Å². The minimum atomic E-state index is -0.246. The van der Waals surface area contributed by atoms with Crippen molar-refractivity contribution in [2.24, 2.45) is 5.41 Å². The normalized spacial score (nSPS) is 19.4. The van der Waals surface area contributed by atoms with Crippen molar-refractivity contribution in [2.75, 3.05) is 37.7 Å². The van der Waals surface area contributed by atoms with Crippen molar-refractivity contribution in [3.63, 3.8) is 0 Å². The number of rotatable bonds is 5. The fraction of sp³-hybridized carbons (Fsp3) is 0.474. The Kier molecular flexibility index (Phi) is 4.42. The Morgan fingerprint density at radius 3 is 2.50 bits per heavy atom. The van der Waals surface area contributed by atoms with Crippen LogP contribution in [-0.4, -0.2) is 52.8 Å². The van der Waals surface area contributed by atoms with Crippen LogP contribution in [0.5, 0.6) is 5.75 Å². The minimum absolute atomic E-state index is 0.175. The molecule has 0 bridgehead atoms. The van der Waals surface area contributed by atoms with Gasteiger partial charge in [0.25, 0.3) is 0 Å². The summed E-state index contributed by atoms with van der Waals surface area (Å²) in [5.41, 5.74) is 1.35. The lowest BCUT2D eigenvalue weighted by molar-refractivity contribution is -0.0936. The van der Waals surface area contributed by atoms with Gasteiger partial charge in [-0.1, -0.05) is 25.1 Å². The topological polar surface area (TPSA) is 70.8 Å². The Hall–Kier alpha value is -2.38. The van der Waals surface area contributed by atoms with Gasteiger partial charge in [-0.25, -0.2) is 0 Å². The Labute approximate surface area is 152 Å². The molecule has 1 aliphatic carbocycles. The van der Waals surface area contributed by atoms with E-state index in [4.69, 9.17) is 4.74 Å². The zero-order valence-corrected chi connectivity index (χ0v) is 15.0. The van der Waals surface area contributed by atoms with Crippen LogP contribution in [-0.2, 0) is 0 Å². The van der Waals surface area contributed by atoms with Crippen molar-refractivity contribution in [1.29, 1.82) is 0 Å². The van der Waals surface area contributed by atoms with Gasteiger partial charge in [0.1, 0.15) is 5.69 Å². The van der Waals surface area contributed by atoms with E-state index in [0.29, 0.717) is 49.9 Å². The van der Waals surface area contributed by atoms with E-state index >= 15 is 0 Å². The highest BCUT2D eigenvalue weighted by molar-refractivity contribution is 5.57. The van der Waals surface area contributed by atoms with Gasteiger partial charge in [-0.2, -0.15) is 14.8 Å². The van der Waals surface area contributed by atoms with Crippen LogP contribution in [0.15, 0.2) is 41.3 Å². The summed E-state index contributed by atoms with van der Waals surface area (Å²) < 4.78 is 7.43. The monoisotopic (exact) mass is 356 g/mol. The van der Waals surface area contributed by atoms with Crippen LogP contribution in [0.1, 0.15) is 19.8 Å². The van der Waals surface area contributed by atoms with E-state index in [1.807, 2.05) is 30.3 Å². The molecule has 7 nitrogen and oxygen atoms in total. The SMILES string of the molecule is CC1(COc2c(N3CCN(O)CC3)cnn(-c3ccccc3)c2=O)CC1. The second-order valence-corrected chi connectivity index (χ2v) is 7.45. The van der Waals surface area contributed by atoms with Gasteiger partial charge >= 0.3 is 5.56 Å². The van der Waals surface area contributed by atoms with E-state index < -0.39 is 0 Å². The standard InChI is InChI=1S/C19H24N4O3/c1-19(7-8-19)14-26-17-16(21-9-11-22(25)12-10-21)13-20-23(18(17)24)15-5-3-2-4-6-15/h2-6,13,25H,7-12,14H2,1H3. The first-order chi connectivity index (χ1) is 12.6. The van der Waals surface area contributed by atoms with Crippen LogP contribution in [0, 0.1) is 5.41 Å². The molecule has 1 aliphatic heterocycles. The molecule has 2 fully saturated rings. The van der Waals surface area contributed by atoms with Crippen LogP contribution >= 0.6 is 0 Å². The number of ether oxygens (including phenoxy) is 1. The molecule has 4 rings (SSSR count). The summed E-state index contributed by atoms with van der Waals surface area (Å²) in [4.78, 5) is 15.2. The molecule has 1 saturated heterocycles. The predicted octanol–water partition coefficient (Wildman–Crippen LogP) is 1.92. The van der Waals surface area contributed by atoms with Crippen molar-refractivity contribution in [2.45, 2.75) is 19.8 Å². The summed E-state index contributed by atoms with van der Waals surface area (Å²) in [6.45, 7) is 5.02. The van der Waals surface area contributed by atoms with Crippen molar-refractivity contribution < 1.29 is 9.94 Å². The highest BCUT2D eigenvalue weighted by Gasteiger charge is 2.38. The number of piperazine rings is 1. The molecule has 0 spiro atoms. The van der Waals surface area contributed by atoms with Gasteiger partial charge < -0.3 is 14.8 Å². The lowest BCUT2D eigenvalue weighted by Gasteiger charge is -2.33. The van der Waals surface area contributed by atoms with Gasteiger partial charge in [0, 0.05) is 31.6 Å². The summed E-state index contributed by atoms with van der Waals surface area (Å²) in [5, 5.41) is 15.3. The lowest BCUT2D eigenvalue weighted by atomic mass is 10.2. The first kappa shape index (κ1) is 17.1. The number of para-hydroxylation sites is 1. The maximum Gasteiger partial charge on any atom is 0.316 e. The summed E-state index contributed by atoms with van der Waals surface area (Å²) >= 11 is 0. The van der Waals surface area contributed by atoms with Crippen LogP contribution < -0.4 is 15.2 Å². The molecule has 0 amide bonds. The van der Waals surface area contributed by atoms with Crippen LogP contribution in [0.4, 0.5) is 5.69 Å². The van der Waals surface area contributed by atoms with E-state index in [-0.39, 0.29) is 11.0 Å². The maximum atomic E-state index is 13.1. The predicted molar refractivity (Wildman–Crippen MR) is 98.2 cm³/mol. The van der Waals surface area contributed by atoms with Crippen molar-refractivity contribution >= 4 is 5.69 Å². The average Bonchev–Trinajstić information content (AvgIpc) is 3.39. The second kappa shape index (κ2) is 6.74. The van der Waals surface area contributed by atoms with Gasteiger partial charge in [-0.05, 0) is 25.0 Å². The molecule has 0 atom stereocenters. The molecule has 2 aliphatic rings. The molecule has 2 aromatic rings. The molecule has 1 N–H and O–H groups in total. The van der Waals surface area contributed by atoms with Crippen LogP contribution in [0.2, 0.25) is 0 Å². The molecule has 0 unspecified atom stereocenters. The van der Waals surface area contributed by atoms with Crippen molar-refractivity contribution in [3.8, 4) is 11.4 Å². The molecule has 138 valence electrons. The Bertz CT molecular complexity index is 824. The average molecular weight is 356 g/mol.